The Hall–Kier alpha value is -6.27. The molecule has 0 fully saturated rings. The SMILES string of the molecule is COC(=O)c1ncc(Br)cc1OC.COc1cc(Br)cnc1C#N.COc1cc(Br)cnc1C(=O)O.COc1cc(Br)cnc1C=O.COc1cc(Br)cnc1CO.N#Cc1ncc(Br)cc1[N+](=O)[O-]. The summed E-state index contributed by atoms with van der Waals surface area (Å²) in [4.78, 5) is 64.4. The van der Waals surface area contributed by atoms with Crippen LogP contribution in [0.2, 0.25) is 0 Å². The van der Waals surface area contributed by atoms with Crippen molar-refractivity contribution in [1.29, 1.82) is 10.5 Å². The molecule has 0 aliphatic rings. The number of ether oxygens (including phenoxy) is 6. The van der Waals surface area contributed by atoms with E-state index in [-0.39, 0.29) is 35.1 Å². The van der Waals surface area contributed by atoms with E-state index in [9.17, 15) is 24.5 Å². The Labute approximate surface area is 449 Å². The van der Waals surface area contributed by atoms with Crippen molar-refractivity contribution in [1.82, 2.24) is 29.9 Å². The minimum atomic E-state index is -1.10. The molecule has 6 rings (SSSR count). The highest BCUT2D eigenvalue weighted by atomic mass is 79.9. The number of carboxylic acid groups (broad SMARTS) is 1. The van der Waals surface area contributed by atoms with Gasteiger partial charge in [-0.1, -0.05) is 0 Å². The molecule has 0 atom stereocenters. The molecule has 6 heterocycles. The fourth-order valence-corrected chi connectivity index (χ4v) is 6.18. The van der Waals surface area contributed by atoms with Crippen molar-refractivity contribution < 1.29 is 57.9 Å². The summed E-state index contributed by atoms with van der Waals surface area (Å²) in [7, 11) is 8.71. The summed E-state index contributed by atoms with van der Waals surface area (Å²) in [5.41, 5.74) is 0.797. The van der Waals surface area contributed by atoms with Crippen LogP contribution in [0.5, 0.6) is 28.7 Å². The maximum atomic E-state index is 11.1. The van der Waals surface area contributed by atoms with Crippen LogP contribution in [-0.4, -0.2) is 106 Å². The van der Waals surface area contributed by atoms with Crippen LogP contribution in [0.1, 0.15) is 48.5 Å². The first-order valence-corrected chi connectivity index (χ1v) is 23.0. The largest absolute Gasteiger partial charge is 0.495 e. The summed E-state index contributed by atoms with van der Waals surface area (Å²) >= 11 is 19.0. The molecule has 0 saturated carbocycles. The number of aliphatic hydroxyl groups excluding tert-OH is 1. The highest BCUT2D eigenvalue weighted by Gasteiger charge is 2.16. The van der Waals surface area contributed by atoms with Gasteiger partial charge in [0, 0.05) is 70.1 Å². The Morgan fingerprint density at radius 2 is 0.986 bits per heavy atom. The Kier molecular flexibility index (Phi) is 29.4. The van der Waals surface area contributed by atoms with E-state index in [1.807, 2.05) is 6.07 Å². The lowest BCUT2D eigenvalue weighted by Gasteiger charge is -2.05. The van der Waals surface area contributed by atoms with E-state index in [1.165, 1.54) is 60.2 Å². The fourth-order valence-electron chi connectivity index (χ4n) is 4.31. The molecule has 0 aromatic carbocycles. The summed E-state index contributed by atoms with van der Waals surface area (Å²) < 4.78 is 33.4. The zero-order chi connectivity index (χ0) is 52.9. The number of nitrogens with zero attached hydrogens (tertiary/aromatic N) is 9. The van der Waals surface area contributed by atoms with Crippen molar-refractivity contribution >= 4 is 119 Å². The third-order valence-electron chi connectivity index (χ3n) is 7.39. The standard InChI is InChI=1S/C8H8BrNO3.C7H5BrN2O.C7H6BrNO3.C7H8BrNO2.C7H6BrNO2.C6H2BrN3O2/c1-12-6-3-5(9)4-10-7(6)8(11)13-2;1-11-7-2-5(8)4-10-6(7)3-9;1-12-5-2-4(8)3-9-6(5)7(10)11;2*1-11-7-2-5(8)3-9-6(7)4-10;7-4-1-6(10(11)12)5(2-8)9-3-4/h3-4H,1-2H3;2,4H,1H3;2-3H,1H3,(H,10,11);2-3,10H,4H2,1H3;2-4H,1H3;1,3H. The highest BCUT2D eigenvalue weighted by molar-refractivity contribution is 9.11. The average Bonchev–Trinajstić information content (AvgIpc) is 3.36. The molecule has 28 heteroatoms. The predicted molar refractivity (Wildman–Crippen MR) is 270 cm³/mol. The normalized spacial score (nSPS) is 9.30. The Morgan fingerprint density at radius 1 is 0.600 bits per heavy atom. The molecular weight excluding hydrogens is 1320 g/mol. The Balaban J connectivity index is 0.000000420. The van der Waals surface area contributed by atoms with E-state index >= 15 is 0 Å². The molecule has 6 aromatic rings. The molecule has 0 amide bonds. The third kappa shape index (κ3) is 21.2. The van der Waals surface area contributed by atoms with Gasteiger partial charge in [-0.05, 0) is 126 Å². The number of carboxylic acids is 1. The fraction of sp³-hybridized carbons (Fsp3) is 0.167. The third-order valence-corrected chi connectivity index (χ3v) is 9.99. The Morgan fingerprint density at radius 3 is 1.41 bits per heavy atom. The second-order valence-corrected chi connectivity index (χ2v) is 17.2. The molecule has 0 bridgehead atoms. The molecule has 6 aromatic heterocycles. The van der Waals surface area contributed by atoms with E-state index < -0.39 is 16.9 Å². The second-order valence-electron chi connectivity index (χ2n) is 11.7. The first kappa shape index (κ1) is 61.7. The number of hydrogen-bond donors (Lipinski definition) is 2. The molecule has 0 aliphatic heterocycles. The summed E-state index contributed by atoms with van der Waals surface area (Å²) in [6.45, 7) is -0.101. The predicted octanol–water partition coefficient (Wildman–Crippen LogP) is 9.55. The number of nitriles is 2. The van der Waals surface area contributed by atoms with E-state index in [1.54, 1.807) is 62.1 Å². The van der Waals surface area contributed by atoms with Crippen molar-refractivity contribution in [3.8, 4) is 40.9 Å². The minimum Gasteiger partial charge on any atom is -0.495 e. The van der Waals surface area contributed by atoms with Gasteiger partial charge in [-0.2, -0.15) is 10.5 Å². The van der Waals surface area contributed by atoms with Crippen LogP contribution in [0.4, 0.5) is 5.69 Å². The van der Waals surface area contributed by atoms with Crippen LogP contribution >= 0.6 is 95.6 Å². The lowest BCUT2D eigenvalue weighted by Crippen LogP contribution is -2.06. The topological polar surface area (TPSA) is 315 Å². The van der Waals surface area contributed by atoms with Crippen LogP contribution in [0, 0.1) is 32.8 Å². The van der Waals surface area contributed by atoms with Gasteiger partial charge in [0.25, 0.3) is 0 Å². The second kappa shape index (κ2) is 33.3. The van der Waals surface area contributed by atoms with Gasteiger partial charge in [-0.3, -0.25) is 19.9 Å². The number of carbonyl (C=O) groups excluding carboxylic acids is 2. The van der Waals surface area contributed by atoms with Crippen molar-refractivity contribution in [3.63, 3.8) is 0 Å². The number of rotatable bonds is 10. The van der Waals surface area contributed by atoms with Crippen molar-refractivity contribution in [3.05, 3.63) is 145 Å². The summed E-state index contributed by atoms with van der Waals surface area (Å²) in [6.07, 6.45) is 9.64. The monoisotopic (exact) mass is 1350 g/mol. The number of aldehydes is 1. The molecule has 0 unspecified atom stereocenters. The van der Waals surface area contributed by atoms with Crippen molar-refractivity contribution in [2.24, 2.45) is 0 Å². The van der Waals surface area contributed by atoms with E-state index in [4.69, 9.17) is 44.4 Å². The molecule has 368 valence electrons. The zero-order valence-electron chi connectivity index (χ0n) is 36.9. The summed E-state index contributed by atoms with van der Waals surface area (Å²) in [5.74, 6) is 0.597. The van der Waals surface area contributed by atoms with Gasteiger partial charge in [0.2, 0.25) is 5.69 Å². The van der Waals surface area contributed by atoms with Crippen molar-refractivity contribution in [2.45, 2.75) is 6.61 Å². The van der Waals surface area contributed by atoms with Gasteiger partial charge < -0.3 is 38.6 Å². The Bertz CT molecular complexity index is 2820. The van der Waals surface area contributed by atoms with Crippen LogP contribution in [-0.2, 0) is 11.3 Å². The molecule has 2 N–H and O–H groups in total. The first-order chi connectivity index (χ1) is 33.3. The molecule has 0 spiro atoms. The van der Waals surface area contributed by atoms with Gasteiger partial charge in [-0.25, -0.2) is 34.5 Å². The molecule has 0 saturated heterocycles. The van der Waals surface area contributed by atoms with Crippen LogP contribution in [0.3, 0.4) is 0 Å². The van der Waals surface area contributed by atoms with Gasteiger partial charge in [-0.15, -0.1) is 0 Å². The van der Waals surface area contributed by atoms with Gasteiger partial charge in [0.15, 0.2) is 40.6 Å². The van der Waals surface area contributed by atoms with Crippen LogP contribution in [0.25, 0.3) is 0 Å². The lowest BCUT2D eigenvalue weighted by atomic mass is 10.3. The van der Waals surface area contributed by atoms with E-state index in [0.29, 0.717) is 55.3 Å². The molecule has 0 aliphatic carbocycles. The van der Waals surface area contributed by atoms with Crippen LogP contribution in [0.15, 0.2) is 100 Å². The molecule has 70 heavy (non-hydrogen) atoms. The summed E-state index contributed by atoms with van der Waals surface area (Å²) in [6, 6.07) is 13.1. The number of aliphatic hydroxyl groups is 1. The smallest absolute Gasteiger partial charge is 0.360 e. The summed E-state index contributed by atoms with van der Waals surface area (Å²) in [5, 5.41) is 44.7. The zero-order valence-corrected chi connectivity index (χ0v) is 46.4. The quantitative estimate of drug-likeness (QED) is 0.0558. The van der Waals surface area contributed by atoms with Gasteiger partial charge in [0.1, 0.15) is 35.0 Å². The lowest BCUT2D eigenvalue weighted by molar-refractivity contribution is -0.385. The number of hydrogen-bond acceptors (Lipinski definition) is 20. The number of aromatic nitrogens is 6. The van der Waals surface area contributed by atoms with E-state index in [2.05, 4.69) is 130 Å². The maximum absolute atomic E-state index is 11.1. The number of nitro groups is 1. The first-order valence-electron chi connectivity index (χ1n) is 18.3. The molecule has 0 radical (unpaired) electrons. The van der Waals surface area contributed by atoms with Crippen molar-refractivity contribution in [2.75, 3.05) is 42.7 Å². The number of aromatic carboxylic acids is 1. The number of esters is 1. The highest BCUT2D eigenvalue weighted by Crippen LogP contribution is 2.24. The number of pyridine rings is 6. The number of halogens is 6. The van der Waals surface area contributed by atoms with E-state index in [0.717, 1.165) is 17.9 Å². The van der Waals surface area contributed by atoms with Crippen LogP contribution < -0.4 is 23.7 Å². The average molecular weight is 1350 g/mol. The molecule has 22 nitrogen and oxygen atoms in total. The number of carbonyl (C=O) groups is 3. The van der Waals surface area contributed by atoms with Gasteiger partial charge in [0.05, 0.1) is 54.2 Å². The number of methoxy groups -OCH3 is 6. The molecular formula is C42H35Br6N9O13. The maximum Gasteiger partial charge on any atom is 0.360 e. The van der Waals surface area contributed by atoms with Gasteiger partial charge >= 0.3 is 17.6 Å². The minimum absolute atomic E-state index is 0.0827.